The van der Waals surface area contributed by atoms with Crippen LogP contribution in [0.4, 0.5) is 4.79 Å². The van der Waals surface area contributed by atoms with E-state index in [0.29, 0.717) is 49.5 Å². The van der Waals surface area contributed by atoms with Gasteiger partial charge in [0.1, 0.15) is 35.9 Å². The number of amides is 1. The third-order valence-electron chi connectivity index (χ3n) is 21.7. The number of hydrogen-bond donors (Lipinski definition) is 5. The molecule has 6 saturated heterocycles. The first kappa shape index (κ1) is 70.7. The van der Waals surface area contributed by atoms with Gasteiger partial charge >= 0.3 is 18.0 Å². The highest BCUT2D eigenvalue weighted by molar-refractivity contribution is 6.26. The van der Waals surface area contributed by atoms with Crippen LogP contribution < -0.4 is 5.32 Å². The molecule has 0 aromatic heterocycles. The summed E-state index contributed by atoms with van der Waals surface area (Å²) in [5, 5.41) is 62.0. The van der Waals surface area contributed by atoms with Gasteiger partial charge in [-0.25, -0.2) is 9.59 Å². The highest BCUT2D eigenvalue weighted by atomic mass is 16.8. The highest BCUT2D eigenvalue weighted by Crippen LogP contribution is 2.61. The number of alkyl carbamates (subject to hydrolysis) is 1. The molecule has 26 heteroatoms. The number of carbonyl (C=O) groups is 5. The van der Waals surface area contributed by atoms with E-state index in [1.807, 2.05) is 39.8 Å². The third kappa shape index (κ3) is 14.0. The first-order valence-electron chi connectivity index (χ1n) is 33.1. The van der Waals surface area contributed by atoms with Crippen LogP contribution in [0.2, 0.25) is 0 Å². The molecular weight excluding hydrogens is 1220 g/mol. The van der Waals surface area contributed by atoms with Crippen LogP contribution in [-0.4, -0.2) is 197 Å². The SMILES string of the molecule is COC(=O)N[C@H]1[C@@H](C)O[C@@H](O[C@H]2C/C=C(\C)[C@@H]3C=C[C@@H]4[C@@H](O[C@H]5C[C@@H](O[C@H]6CC[C@@H](O[C@@H]7C[C@@H](O)[C@@H](O[C@H]8CC[C@@H](O)[C@H](C)O8)[C@H](C)O7)[C@H](C)O6)[C@@H](OC(C)=O)[C@H](C)O5)[C@@H](C)C[C@H](C)[C@H]4[C@]3(C)C(O)=C3C(=O)O[C@]4(CC(C=O)=C[C@H](O)[C@H]4/C=C/2C)C3=O)C[C@]1(C)[N+](=O)[O-]. The van der Waals surface area contributed by atoms with Crippen LogP contribution in [0.1, 0.15) is 147 Å². The van der Waals surface area contributed by atoms with Gasteiger partial charge < -0.3 is 87.3 Å². The lowest BCUT2D eigenvalue weighted by atomic mass is 9.49. The first-order chi connectivity index (χ1) is 43.9. The number of rotatable bonds is 14. The molecule has 93 heavy (non-hydrogen) atoms. The summed E-state index contributed by atoms with van der Waals surface area (Å²) in [6.07, 6.45) is -4.21. The zero-order valence-electron chi connectivity index (χ0n) is 55.4. The van der Waals surface area contributed by atoms with E-state index in [9.17, 15) is 49.7 Å². The first-order valence-corrected chi connectivity index (χ1v) is 33.1. The average Bonchev–Trinajstić information content (AvgIpc) is 1.68. The fourth-order valence-corrected chi connectivity index (χ4v) is 16.9. The Kier molecular flexibility index (Phi) is 21.4. The lowest BCUT2D eigenvalue weighted by Crippen LogP contribution is -2.65. The van der Waals surface area contributed by atoms with E-state index < -0.39 is 210 Å². The molecule has 0 aromatic carbocycles. The number of aldehydes is 1. The van der Waals surface area contributed by atoms with Crippen molar-refractivity contribution < 1.29 is 111 Å². The fourth-order valence-electron chi connectivity index (χ4n) is 16.9. The molecular formula is C67H96N2O24. The largest absolute Gasteiger partial charge is 0.511 e. The molecule has 10 rings (SSSR count). The Morgan fingerprint density at radius 1 is 0.720 bits per heavy atom. The molecule has 1 saturated carbocycles. The molecule has 2 bridgehead atoms. The number of fused-ring (bicyclic) bond motifs is 4. The van der Waals surface area contributed by atoms with Crippen molar-refractivity contribution in [3.8, 4) is 0 Å². The molecule has 5 N–H and O–H groups in total. The number of ether oxygens (including phenoxy) is 13. The topological polar surface area (TPSA) is 341 Å². The number of carbonyl (C=O) groups excluding carboxylic acids is 5. The quantitative estimate of drug-likeness (QED) is 0.0240. The average molecular weight is 1310 g/mol. The summed E-state index contributed by atoms with van der Waals surface area (Å²) in [7, 11) is 1.15. The minimum Gasteiger partial charge on any atom is -0.511 e. The van der Waals surface area contributed by atoms with Crippen LogP contribution >= 0.6 is 0 Å². The molecule has 6 heterocycles. The number of nitrogens with one attached hydrogen (secondary N) is 1. The summed E-state index contributed by atoms with van der Waals surface area (Å²) >= 11 is 0. The van der Waals surface area contributed by atoms with Crippen LogP contribution in [0.5, 0.6) is 0 Å². The number of Topliss-reactive ketones (excluding diaryl/α,β-unsaturated/α-hetero) is 1. The van der Waals surface area contributed by atoms with Crippen molar-refractivity contribution >= 4 is 30.1 Å². The molecule has 1 amide bonds. The van der Waals surface area contributed by atoms with Gasteiger partial charge in [0.2, 0.25) is 11.3 Å². The van der Waals surface area contributed by atoms with Crippen molar-refractivity contribution in [2.45, 2.75) is 281 Å². The Morgan fingerprint density at radius 2 is 1.35 bits per heavy atom. The van der Waals surface area contributed by atoms with E-state index in [2.05, 4.69) is 25.2 Å². The Hall–Kier alpha value is -5.07. The summed E-state index contributed by atoms with van der Waals surface area (Å²) in [6, 6.07) is -1.12. The van der Waals surface area contributed by atoms with Gasteiger partial charge in [-0.1, -0.05) is 50.6 Å². The smallest absolute Gasteiger partial charge is 0.407 e. The van der Waals surface area contributed by atoms with Crippen molar-refractivity contribution in [1.82, 2.24) is 5.32 Å². The number of aliphatic hydroxyl groups excluding tert-OH is 4. The number of hydrogen-bond acceptors (Lipinski definition) is 24. The number of esters is 2. The van der Waals surface area contributed by atoms with Crippen molar-refractivity contribution in [2.24, 2.45) is 40.9 Å². The van der Waals surface area contributed by atoms with Gasteiger partial charge in [-0.05, 0) is 109 Å². The second-order valence-corrected chi connectivity index (χ2v) is 28.2. The van der Waals surface area contributed by atoms with Crippen molar-refractivity contribution in [2.75, 3.05) is 7.11 Å². The van der Waals surface area contributed by atoms with Gasteiger partial charge in [0.15, 0.2) is 43.2 Å². The van der Waals surface area contributed by atoms with E-state index in [1.54, 1.807) is 33.8 Å². The van der Waals surface area contributed by atoms with Gasteiger partial charge in [-0.2, -0.15) is 0 Å². The molecule has 6 aliphatic heterocycles. The van der Waals surface area contributed by atoms with Crippen LogP contribution in [0.15, 0.2) is 58.4 Å². The molecule has 4 aliphatic carbocycles. The fraction of sp³-hybridized carbons (Fsp3) is 0.776. The normalized spacial score (nSPS) is 47.4. The molecule has 10 aliphatic rings. The maximum atomic E-state index is 15.6. The molecule has 0 aromatic rings. The summed E-state index contributed by atoms with van der Waals surface area (Å²) in [5.41, 5.74) is -4.91. The Balaban J connectivity index is 0.904. The minimum atomic E-state index is -2.20. The van der Waals surface area contributed by atoms with Gasteiger partial charge in [-0.15, -0.1) is 0 Å². The number of allylic oxidation sites excluding steroid dienone is 3. The van der Waals surface area contributed by atoms with Crippen LogP contribution in [-0.2, 0) is 80.8 Å². The van der Waals surface area contributed by atoms with Gasteiger partial charge in [0.05, 0.1) is 86.6 Å². The van der Waals surface area contributed by atoms with Crippen molar-refractivity contribution in [1.29, 1.82) is 0 Å². The van der Waals surface area contributed by atoms with Crippen LogP contribution in [0.25, 0.3) is 0 Å². The monoisotopic (exact) mass is 1310 g/mol. The maximum Gasteiger partial charge on any atom is 0.407 e. The number of methoxy groups -OCH3 is 1. The summed E-state index contributed by atoms with van der Waals surface area (Å²) in [4.78, 5) is 80.4. The predicted molar refractivity (Wildman–Crippen MR) is 325 cm³/mol. The molecule has 0 radical (unpaired) electrons. The Labute approximate surface area is 542 Å². The van der Waals surface area contributed by atoms with Crippen LogP contribution in [0, 0.1) is 51.0 Å². The molecule has 29 atom stereocenters. The Morgan fingerprint density at radius 3 is 2.01 bits per heavy atom. The highest BCUT2D eigenvalue weighted by Gasteiger charge is 2.65. The second kappa shape index (κ2) is 28.2. The molecule has 518 valence electrons. The number of nitrogens with zero attached hydrogens (tertiary/aromatic N) is 1. The molecule has 7 fully saturated rings. The lowest BCUT2D eigenvalue weighted by molar-refractivity contribution is -0.584. The molecule has 0 unspecified atom stereocenters. The van der Waals surface area contributed by atoms with E-state index >= 15 is 4.79 Å². The van der Waals surface area contributed by atoms with Crippen molar-refractivity contribution in [3.05, 3.63) is 68.5 Å². The van der Waals surface area contributed by atoms with Crippen LogP contribution in [0.3, 0.4) is 0 Å². The minimum absolute atomic E-state index is 0.00196. The van der Waals surface area contributed by atoms with E-state index in [0.717, 1.165) is 7.11 Å². The van der Waals surface area contributed by atoms with Gasteiger partial charge in [0, 0.05) is 68.1 Å². The standard InChI is InChI=1S/C67H96N2O24/c1-30-14-18-47(88-54-28-65(11,69(79)80)60(38(9)86-54)68-64(78)81-13)31(2)23-43-45(73)24-40(29-70)27-67(43)62(76)55(63(77)93-67)61(75)66(12)42(30)16-15-41-56(66)32(3)22-33(4)57(41)92-53-26-49(59(37(8)85-53)87-39(10)71)90-50-21-19-48(35(6)83-50)89-52-25-46(74)58(36(7)84-52)91-51-20-17-44(72)34(5)82-51/h14-16,23-24,29,32-38,41-54,56-60,72-75H,17-22,25-28H2,1-13H3,(H,68,78)/b30-14+,31-23+,61-55?/t32-,33-,34-,35-,36-,37-,38+,41-,42-,43+,44+,45-,46+,47-,48+,49+,50-,51-,52+,53-,54-,56+,57-,58-,59-,60-,65-,66+,67-/m0/s1. The van der Waals surface area contributed by atoms with Crippen molar-refractivity contribution in [3.63, 3.8) is 0 Å². The summed E-state index contributed by atoms with van der Waals surface area (Å²) in [6.45, 7) is 21.0. The molecule has 1 spiro atoms. The van der Waals surface area contributed by atoms with Gasteiger partial charge in [0.25, 0.3) is 0 Å². The van der Waals surface area contributed by atoms with E-state index in [1.165, 1.54) is 19.9 Å². The summed E-state index contributed by atoms with van der Waals surface area (Å²) < 4.78 is 81.5. The summed E-state index contributed by atoms with van der Waals surface area (Å²) in [5.74, 6) is -6.46. The predicted octanol–water partition coefficient (Wildman–Crippen LogP) is 6.36. The second-order valence-electron chi connectivity index (χ2n) is 28.2. The van der Waals surface area contributed by atoms with E-state index in [4.69, 9.17) is 61.6 Å². The third-order valence-corrected chi connectivity index (χ3v) is 21.7. The maximum absolute atomic E-state index is 15.6. The zero-order chi connectivity index (χ0) is 67.5. The van der Waals surface area contributed by atoms with Gasteiger partial charge in [-0.3, -0.25) is 24.5 Å². The number of nitro groups is 1. The zero-order valence-corrected chi connectivity index (χ0v) is 55.4. The number of ketones is 1. The number of aliphatic hydroxyl groups is 4. The molecule has 26 nitrogen and oxygen atoms in total. The lowest BCUT2D eigenvalue weighted by Gasteiger charge is -2.56. The van der Waals surface area contributed by atoms with E-state index in [-0.39, 0.29) is 43.1 Å². The Bertz CT molecular complexity index is 2960.